The lowest BCUT2D eigenvalue weighted by molar-refractivity contribution is 0.588. The number of hydrogen-bond acceptors (Lipinski definition) is 6. The van der Waals surface area contributed by atoms with Crippen LogP contribution in [-0.2, 0) is 16.4 Å². The first-order valence-corrected chi connectivity index (χ1v) is 9.79. The number of nitrogens with zero attached hydrogens (tertiary/aromatic N) is 4. The summed E-state index contributed by atoms with van der Waals surface area (Å²) in [6, 6.07) is 9.91. The fourth-order valence-electron chi connectivity index (χ4n) is 2.82. The van der Waals surface area contributed by atoms with E-state index in [-0.39, 0.29) is 10.8 Å². The Bertz CT molecular complexity index is 1220. The number of nitrogen functional groups attached to an aromatic ring is 1. The maximum atomic E-state index is 13.1. The van der Waals surface area contributed by atoms with Gasteiger partial charge in [-0.1, -0.05) is 29.8 Å². The van der Waals surface area contributed by atoms with Crippen molar-refractivity contribution in [2.75, 3.05) is 5.73 Å². The first kappa shape index (κ1) is 17.4. The van der Waals surface area contributed by atoms with E-state index in [1.165, 1.54) is 10.2 Å². The van der Waals surface area contributed by atoms with E-state index in [1.54, 1.807) is 55.0 Å². The Hall–Kier alpha value is -2.97. The number of fused-ring (bicyclic) bond motifs is 1. The second-order valence-corrected chi connectivity index (χ2v) is 8.17. The molecule has 0 amide bonds. The van der Waals surface area contributed by atoms with E-state index in [0.717, 1.165) is 11.1 Å². The van der Waals surface area contributed by atoms with Crippen molar-refractivity contribution in [2.45, 2.75) is 11.3 Å². The van der Waals surface area contributed by atoms with Crippen molar-refractivity contribution in [3.63, 3.8) is 0 Å². The summed E-state index contributed by atoms with van der Waals surface area (Å²) in [5, 5.41) is 1.07. The molecule has 0 unspecified atom stereocenters. The molecule has 0 fully saturated rings. The minimum Gasteiger partial charge on any atom is -0.368 e. The molecule has 27 heavy (non-hydrogen) atoms. The molecule has 3 heterocycles. The first-order valence-electron chi connectivity index (χ1n) is 7.97. The van der Waals surface area contributed by atoms with Crippen molar-refractivity contribution >= 4 is 38.6 Å². The maximum absolute atomic E-state index is 13.1. The summed E-state index contributed by atoms with van der Waals surface area (Å²) in [6.07, 6.45) is 6.62. The highest BCUT2D eigenvalue weighted by atomic mass is 35.5. The summed E-state index contributed by atoms with van der Waals surface area (Å²) in [7, 11) is -3.80. The maximum Gasteiger partial charge on any atom is 0.269 e. The average molecular weight is 400 g/mol. The summed E-state index contributed by atoms with van der Waals surface area (Å²) < 4.78 is 27.4. The van der Waals surface area contributed by atoms with Crippen molar-refractivity contribution in [1.29, 1.82) is 0 Å². The Morgan fingerprint density at radius 2 is 1.74 bits per heavy atom. The van der Waals surface area contributed by atoms with E-state index in [0.29, 0.717) is 22.5 Å². The Morgan fingerprint density at radius 3 is 2.44 bits per heavy atom. The van der Waals surface area contributed by atoms with E-state index in [2.05, 4.69) is 15.0 Å². The molecule has 0 atom stereocenters. The normalized spacial score (nSPS) is 11.7. The van der Waals surface area contributed by atoms with Crippen LogP contribution in [0.5, 0.6) is 0 Å². The number of nitrogens with two attached hydrogens (primary N) is 1. The standard InChI is InChI=1S/C18H14ClN5O2S/c19-14-7-16-13(6-12-8-22-18(20)23-9-12)11-24(17(16)21-10-14)27(25,26)15-4-2-1-3-5-15/h1-5,7-11H,6H2,(H2,20,22,23). The van der Waals surface area contributed by atoms with Gasteiger partial charge in [0.05, 0.1) is 9.92 Å². The highest BCUT2D eigenvalue weighted by molar-refractivity contribution is 7.90. The molecule has 0 spiro atoms. The van der Waals surface area contributed by atoms with Gasteiger partial charge in [-0.05, 0) is 29.3 Å². The fourth-order valence-corrected chi connectivity index (χ4v) is 4.35. The second kappa shape index (κ2) is 6.64. The van der Waals surface area contributed by atoms with E-state index >= 15 is 0 Å². The van der Waals surface area contributed by atoms with Crippen LogP contribution in [0, 0.1) is 0 Å². The van der Waals surface area contributed by atoms with Crippen LogP contribution in [0.3, 0.4) is 0 Å². The minimum atomic E-state index is -3.80. The number of rotatable bonds is 4. The minimum absolute atomic E-state index is 0.178. The van der Waals surface area contributed by atoms with E-state index in [9.17, 15) is 8.42 Å². The van der Waals surface area contributed by atoms with Crippen LogP contribution in [0.2, 0.25) is 5.02 Å². The van der Waals surface area contributed by atoms with Gasteiger partial charge in [0.2, 0.25) is 5.95 Å². The van der Waals surface area contributed by atoms with Gasteiger partial charge in [0, 0.05) is 36.6 Å². The van der Waals surface area contributed by atoms with Crippen LogP contribution in [-0.4, -0.2) is 27.3 Å². The van der Waals surface area contributed by atoms with Gasteiger partial charge in [0.1, 0.15) is 0 Å². The molecule has 0 saturated carbocycles. The highest BCUT2D eigenvalue weighted by Crippen LogP contribution is 2.28. The predicted molar refractivity (Wildman–Crippen MR) is 103 cm³/mol. The van der Waals surface area contributed by atoms with Crippen molar-refractivity contribution in [3.05, 3.63) is 77.3 Å². The lowest BCUT2D eigenvalue weighted by atomic mass is 10.1. The van der Waals surface area contributed by atoms with Crippen LogP contribution in [0.25, 0.3) is 11.0 Å². The van der Waals surface area contributed by atoms with Gasteiger partial charge < -0.3 is 5.73 Å². The highest BCUT2D eigenvalue weighted by Gasteiger charge is 2.22. The van der Waals surface area contributed by atoms with Gasteiger partial charge in [-0.25, -0.2) is 27.3 Å². The predicted octanol–water partition coefficient (Wildman–Crippen LogP) is 2.89. The van der Waals surface area contributed by atoms with Crippen LogP contribution in [0.4, 0.5) is 5.95 Å². The molecule has 9 heteroatoms. The molecule has 4 rings (SSSR count). The first-order chi connectivity index (χ1) is 12.9. The van der Waals surface area contributed by atoms with Crippen LogP contribution >= 0.6 is 11.6 Å². The monoisotopic (exact) mass is 399 g/mol. The average Bonchev–Trinajstić information content (AvgIpc) is 3.03. The zero-order chi connectivity index (χ0) is 19.0. The molecule has 2 N–H and O–H groups in total. The van der Waals surface area contributed by atoms with Crippen molar-refractivity contribution in [1.82, 2.24) is 18.9 Å². The second-order valence-electron chi connectivity index (χ2n) is 5.92. The van der Waals surface area contributed by atoms with Gasteiger partial charge in [-0.15, -0.1) is 0 Å². The number of halogens is 1. The van der Waals surface area contributed by atoms with Crippen molar-refractivity contribution in [2.24, 2.45) is 0 Å². The Balaban J connectivity index is 1.89. The van der Waals surface area contributed by atoms with Gasteiger partial charge >= 0.3 is 0 Å². The summed E-state index contributed by atoms with van der Waals surface area (Å²) in [6.45, 7) is 0. The Morgan fingerprint density at radius 1 is 1.04 bits per heavy atom. The third-order valence-corrected chi connectivity index (χ3v) is 5.95. The Labute approximate surface area is 160 Å². The molecule has 0 aliphatic heterocycles. The molecule has 0 aliphatic carbocycles. The molecular weight excluding hydrogens is 386 g/mol. The molecule has 7 nitrogen and oxygen atoms in total. The van der Waals surface area contributed by atoms with Crippen molar-refractivity contribution in [3.8, 4) is 0 Å². The zero-order valence-corrected chi connectivity index (χ0v) is 15.5. The van der Waals surface area contributed by atoms with Crippen LogP contribution in [0.15, 0.2) is 66.1 Å². The number of aromatic nitrogens is 4. The summed E-state index contributed by atoms with van der Waals surface area (Å²) in [5.74, 6) is 0.178. The van der Waals surface area contributed by atoms with Gasteiger partial charge in [-0.2, -0.15) is 0 Å². The third-order valence-electron chi connectivity index (χ3n) is 4.08. The van der Waals surface area contributed by atoms with E-state index < -0.39 is 10.0 Å². The van der Waals surface area contributed by atoms with Crippen LogP contribution < -0.4 is 5.73 Å². The number of benzene rings is 1. The summed E-state index contributed by atoms with van der Waals surface area (Å²) in [4.78, 5) is 12.4. The molecule has 1 aromatic carbocycles. The molecular formula is C18H14ClN5O2S. The van der Waals surface area contributed by atoms with E-state index in [4.69, 9.17) is 17.3 Å². The molecule has 3 aromatic heterocycles. The third kappa shape index (κ3) is 3.24. The Kier molecular flexibility index (Phi) is 4.29. The molecule has 0 radical (unpaired) electrons. The number of hydrogen-bond donors (Lipinski definition) is 1. The lowest BCUT2D eigenvalue weighted by Crippen LogP contribution is -2.12. The molecule has 0 saturated heterocycles. The molecule has 0 aliphatic rings. The molecule has 0 bridgehead atoms. The number of anilines is 1. The quantitative estimate of drug-likeness (QED) is 0.565. The van der Waals surface area contributed by atoms with Crippen molar-refractivity contribution < 1.29 is 8.42 Å². The van der Waals surface area contributed by atoms with Crippen LogP contribution in [0.1, 0.15) is 11.1 Å². The van der Waals surface area contributed by atoms with Gasteiger partial charge in [0.15, 0.2) is 5.65 Å². The lowest BCUT2D eigenvalue weighted by Gasteiger charge is -2.06. The number of pyridine rings is 1. The van der Waals surface area contributed by atoms with Gasteiger partial charge in [0.25, 0.3) is 10.0 Å². The van der Waals surface area contributed by atoms with Gasteiger partial charge in [-0.3, -0.25) is 0 Å². The molecule has 4 aromatic rings. The summed E-state index contributed by atoms with van der Waals surface area (Å²) >= 11 is 6.09. The fraction of sp³-hybridized carbons (Fsp3) is 0.0556. The smallest absolute Gasteiger partial charge is 0.269 e. The summed E-state index contributed by atoms with van der Waals surface area (Å²) in [5.41, 5.74) is 7.37. The SMILES string of the molecule is Nc1ncc(Cc2cn(S(=O)(=O)c3ccccc3)c3ncc(Cl)cc23)cn1. The molecule has 136 valence electrons. The van der Waals surface area contributed by atoms with E-state index in [1.807, 2.05) is 0 Å². The largest absolute Gasteiger partial charge is 0.368 e. The topological polar surface area (TPSA) is 104 Å². The zero-order valence-electron chi connectivity index (χ0n) is 13.9.